The maximum Gasteiger partial charge on any atom is 0.248 e. The number of hydrogen-bond acceptors (Lipinski definition) is 4. The van der Waals surface area contributed by atoms with E-state index in [1.807, 2.05) is 49.7 Å². The molecule has 3 aromatic rings. The van der Waals surface area contributed by atoms with Crippen LogP contribution < -0.4 is 15.4 Å². The molecule has 0 unspecified atom stereocenters. The Balaban J connectivity index is 1.53. The normalized spacial score (nSPS) is 11.0. The van der Waals surface area contributed by atoms with E-state index in [-0.39, 0.29) is 17.9 Å². The molecule has 2 amide bonds. The summed E-state index contributed by atoms with van der Waals surface area (Å²) in [6.07, 6.45) is 8.83. The second-order valence-electron chi connectivity index (χ2n) is 7.69. The minimum Gasteiger partial charge on any atom is -0.491 e. The Morgan fingerprint density at radius 1 is 1.12 bits per heavy atom. The topological polar surface area (TPSA) is 85.3 Å². The second kappa shape index (κ2) is 10.9. The van der Waals surface area contributed by atoms with Crippen molar-refractivity contribution in [3.63, 3.8) is 0 Å². The van der Waals surface area contributed by atoms with Crippen molar-refractivity contribution in [1.29, 1.82) is 0 Å². The smallest absolute Gasteiger partial charge is 0.248 e. The maximum absolute atomic E-state index is 12.3. The zero-order valence-corrected chi connectivity index (χ0v) is 18.5. The lowest BCUT2D eigenvalue weighted by Crippen LogP contribution is -2.14. The first-order valence-corrected chi connectivity index (χ1v) is 10.5. The fourth-order valence-corrected chi connectivity index (χ4v) is 3.07. The Kier molecular flexibility index (Phi) is 7.80. The molecular weight excluding hydrogens is 404 g/mol. The van der Waals surface area contributed by atoms with E-state index in [1.54, 1.807) is 42.9 Å². The SMILES string of the molecule is Cc1cc(/C=C/C(=O)Nc2cccc(NC(=O)CCn3ccnc3)c2)ccc1OC(C)C. The molecule has 0 radical (unpaired) electrons. The Morgan fingerprint density at radius 3 is 2.59 bits per heavy atom. The van der Waals surface area contributed by atoms with Gasteiger partial charge in [-0.2, -0.15) is 0 Å². The van der Waals surface area contributed by atoms with Crippen LogP contribution in [0.15, 0.2) is 67.3 Å². The first-order chi connectivity index (χ1) is 15.4. The molecule has 0 saturated carbocycles. The number of carbonyl (C=O) groups excluding carboxylic acids is 2. The Labute approximate surface area is 188 Å². The predicted octanol–water partition coefficient (Wildman–Crippen LogP) is 4.66. The molecule has 0 aliphatic carbocycles. The van der Waals surface area contributed by atoms with Gasteiger partial charge in [0.15, 0.2) is 0 Å². The van der Waals surface area contributed by atoms with E-state index in [0.717, 1.165) is 16.9 Å². The maximum atomic E-state index is 12.3. The van der Waals surface area contributed by atoms with Crippen LogP contribution in [-0.4, -0.2) is 27.5 Å². The number of ether oxygens (including phenoxy) is 1. The first-order valence-electron chi connectivity index (χ1n) is 10.5. The van der Waals surface area contributed by atoms with Crippen LogP contribution in [0.1, 0.15) is 31.4 Å². The summed E-state index contributed by atoms with van der Waals surface area (Å²) >= 11 is 0. The van der Waals surface area contributed by atoms with Crippen LogP contribution in [0.3, 0.4) is 0 Å². The molecule has 0 fully saturated rings. The van der Waals surface area contributed by atoms with Crippen LogP contribution in [0.2, 0.25) is 0 Å². The van der Waals surface area contributed by atoms with Crippen molar-refractivity contribution in [2.45, 2.75) is 39.8 Å². The van der Waals surface area contributed by atoms with Gasteiger partial charge in [0, 0.05) is 42.8 Å². The van der Waals surface area contributed by atoms with Crippen LogP contribution in [0.4, 0.5) is 11.4 Å². The lowest BCUT2D eigenvalue weighted by atomic mass is 10.1. The Bertz CT molecular complexity index is 1090. The zero-order valence-electron chi connectivity index (χ0n) is 18.5. The van der Waals surface area contributed by atoms with Crippen LogP contribution in [0.25, 0.3) is 6.08 Å². The number of amides is 2. The highest BCUT2D eigenvalue weighted by Gasteiger charge is 2.06. The number of hydrogen-bond donors (Lipinski definition) is 2. The lowest BCUT2D eigenvalue weighted by molar-refractivity contribution is -0.116. The summed E-state index contributed by atoms with van der Waals surface area (Å²) in [6, 6.07) is 12.9. The average molecular weight is 433 g/mol. The molecule has 7 nitrogen and oxygen atoms in total. The second-order valence-corrected chi connectivity index (χ2v) is 7.69. The fraction of sp³-hybridized carbons (Fsp3) is 0.240. The third-order valence-corrected chi connectivity index (χ3v) is 4.56. The molecule has 3 rings (SSSR count). The van der Waals surface area contributed by atoms with E-state index in [1.165, 1.54) is 6.08 Å². The Morgan fingerprint density at radius 2 is 1.91 bits per heavy atom. The van der Waals surface area contributed by atoms with Gasteiger partial charge in [-0.15, -0.1) is 0 Å². The van der Waals surface area contributed by atoms with Gasteiger partial charge in [-0.05, 0) is 68.3 Å². The molecule has 166 valence electrons. The minimum atomic E-state index is -0.256. The summed E-state index contributed by atoms with van der Waals surface area (Å²) in [7, 11) is 0. The summed E-state index contributed by atoms with van der Waals surface area (Å²) in [5, 5.41) is 5.67. The number of nitrogens with zero attached hydrogens (tertiary/aromatic N) is 2. The quantitative estimate of drug-likeness (QED) is 0.482. The number of nitrogens with one attached hydrogen (secondary N) is 2. The molecule has 32 heavy (non-hydrogen) atoms. The van der Waals surface area contributed by atoms with Crippen LogP contribution >= 0.6 is 0 Å². The van der Waals surface area contributed by atoms with Gasteiger partial charge in [0.05, 0.1) is 12.4 Å². The Hall–Kier alpha value is -3.87. The van der Waals surface area contributed by atoms with Crippen LogP contribution in [0.5, 0.6) is 5.75 Å². The van der Waals surface area contributed by atoms with Crippen molar-refractivity contribution >= 4 is 29.3 Å². The highest BCUT2D eigenvalue weighted by molar-refractivity contribution is 6.02. The van der Waals surface area contributed by atoms with Crippen molar-refractivity contribution in [2.24, 2.45) is 0 Å². The molecular formula is C25H28N4O3. The molecule has 2 aromatic carbocycles. The molecule has 0 aliphatic rings. The first kappa shape index (κ1) is 22.8. The summed E-state index contributed by atoms with van der Waals surface area (Å²) in [4.78, 5) is 28.4. The van der Waals surface area contributed by atoms with Gasteiger partial charge in [0.1, 0.15) is 5.75 Å². The number of rotatable bonds is 9. The highest BCUT2D eigenvalue weighted by atomic mass is 16.5. The number of imidazole rings is 1. The highest BCUT2D eigenvalue weighted by Crippen LogP contribution is 2.21. The van der Waals surface area contributed by atoms with Crippen LogP contribution in [-0.2, 0) is 16.1 Å². The van der Waals surface area contributed by atoms with Crippen molar-refractivity contribution < 1.29 is 14.3 Å². The minimum absolute atomic E-state index is 0.109. The fourth-order valence-electron chi connectivity index (χ4n) is 3.07. The van der Waals surface area contributed by atoms with Gasteiger partial charge < -0.3 is 19.9 Å². The average Bonchev–Trinajstić information content (AvgIpc) is 3.26. The van der Waals surface area contributed by atoms with E-state index in [2.05, 4.69) is 15.6 Å². The molecule has 1 aromatic heterocycles. The zero-order chi connectivity index (χ0) is 22.9. The van der Waals surface area contributed by atoms with Gasteiger partial charge >= 0.3 is 0 Å². The lowest BCUT2D eigenvalue weighted by Gasteiger charge is -2.12. The number of carbonyl (C=O) groups is 2. The van der Waals surface area contributed by atoms with Crippen LogP contribution in [0, 0.1) is 6.92 Å². The number of anilines is 2. The van der Waals surface area contributed by atoms with Crippen molar-refractivity contribution in [2.75, 3.05) is 10.6 Å². The third-order valence-electron chi connectivity index (χ3n) is 4.56. The molecule has 7 heteroatoms. The van der Waals surface area contributed by atoms with Gasteiger partial charge in [-0.25, -0.2) is 4.98 Å². The summed E-state index contributed by atoms with van der Waals surface area (Å²) in [5.74, 6) is 0.474. The van der Waals surface area contributed by atoms with Crippen molar-refractivity contribution in [1.82, 2.24) is 9.55 Å². The van der Waals surface area contributed by atoms with Gasteiger partial charge in [-0.1, -0.05) is 12.1 Å². The summed E-state index contributed by atoms with van der Waals surface area (Å²) in [5.41, 5.74) is 3.15. The van der Waals surface area contributed by atoms with Crippen molar-refractivity contribution in [3.05, 3.63) is 78.4 Å². The van der Waals surface area contributed by atoms with Gasteiger partial charge in [0.25, 0.3) is 0 Å². The molecule has 0 atom stereocenters. The molecule has 0 saturated heterocycles. The summed E-state index contributed by atoms with van der Waals surface area (Å²) in [6.45, 7) is 6.50. The third kappa shape index (κ3) is 7.12. The van der Waals surface area contributed by atoms with E-state index in [4.69, 9.17) is 4.74 Å². The molecule has 1 heterocycles. The molecule has 0 spiro atoms. The summed E-state index contributed by atoms with van der Waals surface area (Å²) < 4.78 is 7.58. The standard InChI is InChI=1S/C25H28N4O3/c1-18(2)32-23-9-7-20(15-19(23)3)8-10-24(30)27-21-5-4-6-22(16-21)28-25(31)11-13-29-14-12-26-17-29/h4-10,12,14-18H,11,13H2,1-3H3,(H,27,30)(H,28,31)/b10-8+. The van der Waals surface area contributed by atoms with E-state index in [9.17, 15) is 9.59 Å². The molecule has 2 N–H and O–H groups in total. The van der Waals surface area contributed by atoms with Gasteiger partial charge in [-0.3, -0.25) is 9.59 Å². The largest absolute Gasteiger partial charge is 0.491 e. The molecule has 0 bridgehead atoms. The number of benzene rings is 2. The predicted molar refractivity (Wildman–Crippen MR) is 127 cm³/mol. The number of aromatic nitrogens is 2. The molecule has 0 aliphatic heterocycles. The van der Waals surface area contributed by atoms with E-state index in [0.29, 0.717) is 24.3 Å². The van der Waals surface area contributed by atoms with Crippen molar-refractivity contribution in [3.8, 4) is 5.75 Å². The van der Waals surface area contributed by atoms with E-state index >= 15 is 0 Å². The monoisotopic (exact) mass is 432 g/mol. The van der Waals surface area contributed by atoms with Gasteiger partial charge in [0.2, 0.25) is 11.8 Å². The van der Waals surface area contributed by atoms with E-state index < -0.39 is 0 Å². The number of aryl methyl sites for hydroxylation is 2.